The first-order valence-electron chi connectivity index (χ1n) is 11.2. The highest BCUT2D eigenvalue weighted by Gasteiger charge is 2.43. The van der Waals surface area contributed by atoms with Crippen LogP contribution in [0.1, 0.15) is 43.4 Å². The van der Waals surface area contributed by atoms with Crippen molar-refractivity contribution in [3.05, 3.63) is 41.4 Å². The van der Waals surface area contributed by atoms with Crippen LogP contribution in [-0.4, -0.2) is 53.9 Å². The maximum Gasteiger partial charge on any atom is 0.214 e. The number of nitrogens with two attached hydrogens (primary N) is 2. The first kappa shape index (κ1) is 20.4. The molecule has 2 aliphatic rings. The van der Waals surface area contributed by atoms with Crippen LogP contribution in [0, 0.1) is 5.41 Å². The van der Waals surface area contributed by atoms with E-state index < -0.39 is 0 Å². The predicted molar refractivity (Wildman–Crippen MR) is 128 cm³/mol. The fraction of sp³-hybridized carbons (Fsp3) is 0.409. The summed E-state index contributed by atoms with van der Waals surface area (Å²) in [6.45, 7) is 6.02. The molecule has 0 aromatic carbocycles. The summed E-state index contributed by atoms with van der Waals surface area (Å²) in [5.41, 5.74) is 15.8. The van der Waals surface area contributed by atoms with Crippen LogP contribution in [0.15, 0.2) is 25.2 Å². The summed E-state index contributed by atoms with van der Waals surface area (Å²) in [4.78, 5) is 11.2. The van der Waals surface area contributed by atoms with Crippen molar-refractivity contribution in [2.45, 2.75) is 38.1 Å². The largest absolute Gasteiger partial charge is 0.382 e. The number of anilines is 2. The number of nitrogens with one attached hydrogen (secondary N) is 1. The van der Waals surface area contributed by atoms with Crippen molar-refractivity contribution < 1.29 is 0 Å². The zero-order valence-corrected chi connectivity index (χ0v) is 18.9. The zero-order chi connectivity index (χ0) is 22.7. The number of halogens is 1. The van der Waals surface area contributed by atoms with E-state index in [0.717, 1.165) is 43.7 Å². The van der Waals surface area contributed by atoms with Crippen LogP contribution in [0.25, 0.3) is 22.3 Å². The smallest absolute Gasteiger partial charge is 0.214 e. The molecule has 1 saturated carbocycles. The second-order valence-electron chi connectivity index (χ2n) is 9.12. The van der Waals surface area contributed by atoms with Gasteiger partial charge in [-0.3, -0.25) is 9.50 Å². The number of pyridine rings is 1. The molecule has 0 bridgehead atoms. The summed E-state index contributed by atoms with van der Waals surface area (Å²) >= 11 is 6.39. The Balaban J connectivity index is 1.40. The lowest BCUT2D eigenvalue weighted by Crippen LogP contribution is -2.47. The lowest BCUT2D eigenvalue weighted by atomic mass is 9.74. The maximum atomic E-state index is 6.47. The number of fused-ring (bicyclic) bond motifs is 3. The molecule has 4 aromatic heterocycles. The molecule has 1 aliphatic heterocycles. The van der Waals surface area contributed by atoms with Gasteiger partial charge in [0.05, 0.1) is 10.4 Å². The minimum Gasteiger partial charge on any atom is -0.382 e. The first-order valence-corrected chi connectivity index (χ1v) is 11.5. The van der Waals surface area contributed by atoms with Crippen LogP contribution in [0.3, 0.4) is 0 Å². The Morgan fingerprint density at radius 1 is 1.27 bits per heavy atom. The summed E-state index contributed by atoms with van der Waals surface area (Å²) in [6, 6.07) is 2.07. The van der Waals surface area contributed by atoms with Gasteiger partial charge in [0.25, 0.3) is 0 Å². The molecule has 0 amide bonds. The lowest BCUT2D eigenvalue weighted by Gasteiger charge is -2.42. The van der Waals surface area contributed by atoms with Crippen molar-refractivity contribution >= 4 is 45.6 Å². The molecule has 4 aromatic rings. The molecular formula is C22H25ClN10. The fourth-order valence-electron chi connectivity index (χ4n) is 5.53. The third kappa shape index (κ3) is 3.01. The summed E-state index contributed by atoms with van der Waals surface area (Å²) in [5, 5.41) is 17.2. The number of piperidine rings is 1. The average molecular weight is 465 g/mol. The summed E-state index contributed by atoms with van der Waals surface area (Å²) in [5.74, 6) is 1.05. The van der Waals surface area contributed by atoms with Gasteiger partial charge in [0.2, 0.25) is 5.95 Å². The van der Waals surface area contributed by atoms with Gasteiger partial charge in [-0.15, -0.1) is 10.2 Å². The molecule has 5 N–H and O–H groups in total. The van der Waals surface area contributed by atoms with Crippen molar-refractivity contribution in [1.82, 2.24) is 34.8 Å². The van der Waals surface area contributed by atoms with Gasteiger partial charge < -0.3 is 16.4 Å². The molecular weight excluding hydrogens is 440 g/mol. The predicted octanol–water partition coefficient (Wildman–Crippen LogP) is 2.79. The highest BCUT2D eigenvalue weighted by Crippen LogP contribution is 2.46. The van der Waals surface area contributed by atoms with Gasteiger partial charge in [0, 0.05) is 36.5 Å². The number of nitrogen functional groups attached to an aromatic ring is 1. The van der Waals surface area contributed by atoms with Crippen molar-refractivity contribution in [2.24, 2.45) is 11.1 Å². The Labute approximate surface area is 195 Å². The van der Waals surface area contributed by atoms with E-state index in [2.05, 4.69) is 36.9 Å². The number of rotatable bonds is 3. The molecule has 11 heteroatoms. The number of H-pyrrole nitrogens is 1. The number of nitrogens with zero attached hydrogens (tertiary/aromatic N) is 7. The molecule has 0 unspecified atom stereocenters. The van der Waals surface area contributed by atoms with Crippen molar-refractivity contribution in [2.75, 3.05) is 23.7 Å². The van der Waals surface area contributed by atoms with Gasteiger partial charge in [-0.25, -0.2) is 4.98 Å². The minimum absolute atomic E-state index is 0.244. The summed E-state index contributed by atoms with van der Waals surface area (Å²) in [6.07, 6.45) is 9.03. The lowest BCUT2D eigenvalue weighted by molar-refractivity contribution is 0.197. The van der Waals surface area contributed by atoms with Gasteiger partial charge in [0.1, 0.15) is 17.8 Å². The van der Waals surface area contributed by atoms with E-state index in [1.165, 1.54) is 12.8 Å². The highest BCUT2D eigenvalue weighted by atomic mass is 35.5. The van der Waals surface area contributed by atoms with Gasteiger partial charge in [-0.1, -0.05) is 24.6 Å². The van der Waals surface area contributed by atoms with E-state index in [1.54, 1.807) is 18.6 Å². The minimum atomic E-state index is 0.244. The van der Waals surface area contributed by atoms with Crippen molar-refractivity contribution in [3.8, 4) is 0 Å². The number of hydrogen-bond donors (Lipinski definition) is 3. The first-order chi connectivity index (χ1) is 16.0. The normalized spacial score (nSPS) is 20.3. The molecule has 1 aliphatic carbocycles. The molecule has 1 saturated heterocycles. The number of aromatic amines is 1. The third-order valence-corrected chi connectivity index (χ3v) is 7.89. The Kier molecular flexibility index (Phi) is 4.56. The molecule has 1 spiro atoms. The second-order valence-corrected chi connectivity index (χ2v) is 9.49. The molecule has 2 fully saturated rings. The van der Waals surface area contributed by atoms with E-state index >= 15 is 0 Å². The van der Waals surface area contributed by atoms with Crippen molar-refractivity contribution in [1.29, 1.82) is 0 Å². The third-order valence-electron chi connectivity index (χ3n) is 7.49. The zero-order valence-electron chi connectivity index (χ0n) is 18.1. The Hall–Kier alpha value is -3.24. The molecule has 6 rings (SSSR count). The quantitative estimate of drug-likeness (QED) is 0.420. The average Bonchev–Trinajstić information content (AvgIpc) is 3.54. The molecule has 33 heavy (non-hydrogen) atoms. The summed E-state index contributed by atoms with van der Waals surface area (Å²) < 4.78 is 1.92. The topological polar surface area (TPSA) is 140 Å². The number of hydrogen-bond acceptors (Lipinski definition) is 8. The van der Waals surface area contributed by atoms with E-state index in [1.807, 2.05) is 4.40 Å². The highest BCUT2D eigenvalue weighted by molar-refractivity contribution is 6.34. The van der Waals surface area contributed by atoms with Gasteiger partial charge in [-0.05, 0) is 37.2 Å². The van der Waals surface area contributed by atoms with Crippen LogP contribution in [-0.2, 0) is 0 Å². The fourth-order valence-corrected chi connectivity index (χ4v) is 5.76. The monoisotopic (exact) mass is 464 g/mol. The molecule has 170 valence electrons. The van der Waals surface area contributed by atoms with Crippen LogP contribution in [0.2, 0.25) is 5.02 Å². The van der Waals surface area contributed by atoms with E-state index in [4.69, 9.17) is 28.1 Å². The van der Waals surface area contributed by atoms with E-state index in [9.17, 15) is 0 Å². The molecule has 1 atom stereocenters. The van der Waals surface area contributed by atoms with Gasteiger partial charge in [0.15, 0.2) is 11.3 Å². The van der Waals surface area contributed by atoms with Crippen LogP contribution < -0.4 is 16.4 Å². The Morgan fingerprint density at radius 2 is 2.09 bits per heavy atom. The van der Waals surface area contributed by atoms with Gasteiger partial charge >= 0.3 is 0 Å². The van der Waals surface area contributed by atoms with E-state index in [-0.39, 0.29) is 11.2 Å². The van der Waals surface area contributed by atoms with Crippen LogP contribution in [0.5, 0.6) is 0 Å². The molecule has 5 heterocycles. The van der Waals surface area contributed by atoms with Crippen LogP contribution in [0.4, 0.5) is 11.8 Å². The SMILES string of the molecule is C=C(c1ccnc(N)c1Cl)c1n[nH]c2nc(N3CCC4(CCC[C@H]4N)CC3)n3cnnc3c12. The van der Waals surface area contributed by atoms with Crippen LogP contribution >= 0.6 is 11.6 Å². The molecule has 0 radical (unpaired) electrons. The Morgan fingerprint density at radius 3 is 2.85 bits per heavy atom. The number of aromatic nitrogens is 7. The Bertz CT molecular complexity index is 1380. The maximum absolute atomic E-state index is 6.47. The standard InChI is InChI=1S/C22H25ClN10/c1-12(13-4-8-26-18(25)16(13)23)17-15-19(30-29-17)28-21(33-11-27-31-20(15)33)32-9-6-22(7-10-32)5-2-3-14(22)24/h4,8,11,14H,1-3,5-7,9-10,24H2,(H2,25,26)(H,29,30)/t14-/m1/s1. The van der Waals surface area contributed by atoms with Crippen molar-refractivity contribution in [3.63, 3.8) is 0 Å². The molecule has 10 nitrogen and oxygen atoms in total. The van der Waals surface area contributed by atoms with Gasteiger partial charge in [-0.2, -0.15) is 10.1 Å². The summed E-state index contributed by atoms with van der Waals surface area (Å²) in [7, 11) is 0. The second kappa shape index (κ2) is 7.39. The van der Waals surface area contributed by atoms with E-state index in [0.29, 0.717) is 39.2 Å².